The number of aromatic nitrogens is 1. The van der Waals surface area contributed by atoms with Gasteiger partial charge in [0.2, 0.25) is 5.52 Å². The molecule has 0 amide bonds. The summed E-state index contributed by atoms with van der Waals surface area (Å²) in [5.41, 5.74) is 3.60. The quantitative estimate of drug-likeness (QED) is 0.645. The predicted molar refractivity (Wildman–Crippen MR) is 100 cm³/mol. The van der Waals surface area contributed by atoms with Crippen molar-refractivity contribution in [1.82, 2.24) is 0 Å². The summed E-state index contributed by atoms with van der Waals surface area (Å²) in [6.45, 7) is 2.09. The summed E-state index contributed by atoms with van der Waals surface area (Å²) in [5, 5.41) is 1.21. The molecule has 1 aliphatic heterocycles. The number of aryl methyl sites for hydroxylation is 2. The van der Waals surface area contributed by atoms with Crippen LogP contribution in [0.5, 0.6) is 5.75 Å². The number of benzene rings is 2. The minimum absolute atomic E-state index is 0.843. The highest BCUT2D eigenvalue weighted by molar-refractivity contribution is 7.18. The highest BCUT2D eigenvalue weighted by Gasteiger charge is 2.22. The van der Waals surface area contributed by atoms with Crippen molar-refractivity contribution in [3.63, 3.8) is 0 Å². The van der Waals surface area contributed by atoms with Crippen LogP contribution >= 0.6 is 11.3 Å². The minimum Gasteiger partial charge on any atom is -0.439 e. The number of anilines is 1. The van der Waals surface area contributed by atoms with E-state index >= 15 is 0 Å². The maximum atomic E-state index is 5.93. The first-order valence-corrected chi connectivity index (χ1v) is 8.73. The zero-order chi connectivity index (χ0) is 16.7. The number of fused-ring (bicyclic) bond motifs is 2. The van der Waals surface area contributed by atoms with Crippen LogP contribution in [0.25, 0.3) is 16.3 Å². The van der Waals surface area contributed by atoms with Crippen LogP contribution in [0.1, 0.15) is 10.6 Å². The Hall–Kier alpha value is -2.59. The van der Waals surface area contributed by atoms with E-state index < -0.39 is 0 Å². The van der Waals surface area contributed by atoms with Crippen molar-refractivity contribution < 1.29 is 9.30 Å². The van der Waals surface area contributed by atoms with Gasteiger partial charge in [-0.1, -0.05) is 29.5 Å². The van der Waals surface area contributed by atoms with E-state index in [1.54, 1.807) is 11.3 Å². The minimum atomic E-state index is 0.843. The standard InChI is InChI=1S/C20H19N2OS/c1-14-11-12-17-16(13-14)21(2)19(23-17)9-6-10-20-22(3)15-7-4-5-8-18(15)24-20/h4-13H,1-3H3/q+1. The zero-order valence-electron chi connectivity index (χ0n) is 14.0. The highest BCUT2D eigenvalue weighted by atomic mass is 32.1. The third-order valence-electron chi connectivity index (χ3n) is 4.27. The first kappa shape index (κ1) is 15.0. The Kier molecular flexibility index (Phi) is 3.62. The number of nitrogens with zero attached hydrogens (tertiary/aromatic N) is 2. The van der Waals surface area contributed by atoms with E-state index in [0.29, 0.717) is 0 Å². The van der Waals surface area contributed by atoms with Crippen molar-refractivity contribution in [2.75, 3.05) is 11.9 Å². The van der Waals surface area contributed by atoms with Crippen LogP contribution in [-0.4, -0.2) is 7.05 Å². The van der Waals surface area contributed by atoms with Gasteiger partial charge in [-0.25, -0.2) is 0 Å². The van der Waals surface area contributed by atoms with E-state index in [0.717, 1.165) is 17.3 Å². The highest BCUT2D eigenvalue weighted by Crippen LogP contribution is 2.38. The summed E-state index contributed by atoms with van der Waals surface area (Å²) in [4.78, 5) is 2.08. The molecule has 0 spiro atoms. The Bertz CT molecular complexity index is 984. The zero-order valence-corrected chi connectivity index (χ0v) is 14.8. The fraction of sp³-hybridized carbons (Fsp3) is 0.150. The maximum Gasteiger partial charge on any atom is 0.262 e. The van der Waals surface area contributed by atoms with Crippen molar-refractivity contribution in [1.29, 1.82) is 0 Å². The molecular formula is C20H19N2OS+. The van der Waals surface area contributed by atoms with E-state index in [1.165, 1.54) is 20.8 Å². The second-order valence-electron chi connectivity index (χ2n) is 5.96. The van der Waals surface area contributed by atoms with Crippen LogP contribution in [0, 0.1) is 6.92 Å². The summed E-state index contributed by atoms with van der Waals surface area (Å²) < 4.78 is 9.44. The third-order valence-corrected chi connectivity index (χ3v) is 5.45. The summed E-state index contributed by atoms with van der Waals surface area (Å²) in [6, 6.07) is 14.7. The predicted octanol–water partition coefficient (Wildman–Crippen LogP) is 4.42. The molecule has 120 valence electrons. The molecule has 0 aliphatic carbocycles. The Morgan fingerprint density at radius 3 is 2.83 bits per heavy atom. The maximum absolute atomic E-state index is 5.93. The molecule has 0 radical (unpaired) electrons. The van der Waals surface area contributed by atoms with E-state index in [9.17, 15) is 0 Å². The summed E-state index contributed by atoms with van der Waals surface area (Å²) >= 11 is 1.79. The topological polar surface area (TPSA) is 16.4 Å². The SMILES string of the molecule is Cc1ccc2c(c1)N(C)/C(=C/C=C/c1sc3ccccc3[n+]1C)O2. The van der Waals surface area contributed by atoms with Gasteiger partial charge >= 0.3 is 0 Å². The van der Waals surface area contributed by atoms with E-state index in [-0.39, 0.29) is 0 Å². The van der Waals surface area contributed by atoms with Crippen LogP contribution in [-0.2, 0) is 7.05 Å². The molecule has 0 saturated carbocycles. The number of rotatable bonds is 2. The van der Waals surface area contributed by atoms with Gasteiger partial charge in [0, 0.05) is 19.2 Å². The monoisotopic (exact) mass is 335 g/mol. The normalized spacial score (nSPS) is 15.5. The van der Waals surface area contributed by atoms with Crippen LogP contribution < -0.4 is 14.2 Å². The lowest BCUT2D eigenvalue weighted by Crippen LogP contribution is -2.28. The number of hydrogen-bond donors (Lipinski definition) is 0. The van der Waals surface area contributed by atoms with E-state index in [1.807, 2.05) is 19.2 Å². The number of thiazole rings is 1. The molecule has 4 heteroatoms. The first-order valence-electron chi connectivity index (χ1n) is 7.91. The summed E-state index contributed by atoms with van der Waals surface area (Å²) in [6.07, 6.45) is 6.19. The number of allylic oxidation sites excluding steroid dienone is 2. The molecule has 1 aromatic heterocycles. The molecule has 1 aliphatic rings. The lowest BCUT2D eigenvalue weighted by molar-refractivity contribution is -0.642. The van der Waals surface area contributed by atoms with Crippen molar-refractivity contribution in [3.05, 3.63) is 71.1 Å². The van der Waals surface area contributed by atoms with E-state index in [2.05, 4.69) is 72.0 Å². The molecule has 2 aromatic carbocycles. The molecule has 0 saturated heterocycles. The Morgan fingerprint density at radius 2 is 2.00 bits per heavy atom. The molecule has 4 rings (SSSR count). The average molecular weight is 335 g/mol. The molecule has 3 nitrogen and oxygen atoms in total. The molecule has 0 atom stereocenters. The van der Waals surface area contributed by atoms with Gasteiger partial charge in [-0.3, -0.25) is 0 Å². The largest absolute Gasteiger partial charge is 0.439 e. The first-order chi connectivity index (χ1) is 11.6. The van der Waals surface area contributed by atoms with Gasteiger partial charge < -0.3 is 9.64 Å². The van der Waals surface area contributed by atoms with Gasteiger partial charge in [-0.15, -0.1) is 0 Å². The molecule has 0 N–H and O–H groups in total. The van der Waals surface area contributed by atoms with Crippen LogP contribution in [0.3, 0.4) is 0 Å². The van der Waals surface area contributed by atoms with Gasteiger partial charge in [0.25, 0.3) is 5.01 Å². The van der Waals surface area contributed by atoms with Crippen molar-refractivity contribution in [2.45, 2.75) is 6.92 Å². The van der Waals surface area contributed by atoms with Crippen molar-refractivity contribution in [2.24, 2.45) is 7.05 Å². The van der Waals surface area contributed by atoms with Crippen LogP contribution in [0.15, 0.2) is 60.5 Å². The van der Waals surface area contributed by atoms with Gasteiger partial charge in [-0.05, 0) is 42.8 Å². The smallest absolute Gasteiger partial charge is 0.262 e. The number of hydrogen-bond acceptors (Lipinski definition) is 3. The Labute approximate surface area is 145 Å². The molecule has 2 heterocycles. The van der Waals surface area contributed by atoms with Gasteiger partial charge in [0.05, 0.1) is 5.69 Å². The molecule has 0 unspecified atom stereocenters. The van der Waals surface area contributed by atoms with Gasteiger partial charge in [0.15, 0.2) is 11.6 Å². The lowest BCUT2D eigenvalue weighted by atomic mass is 10.2. The average Bonchev–Trinajstić information content (AvgIpc) is 3.07. The molecule has 24 heavy (non-hydrogen) atoms. The van der Waals surface area contributed by atoms with Crippen molar-refractivity contribution in [3.8, 4) is 5.75 Å². The second-order valence-corrected chi connectivity index (χ2v) is 7.03. The van der Waals surface area contributed by atoms with Crippen molar-refractivity contribution >= 4 is 33.3 Å². The Morgan fingerprint density at radius 1 is 1.17 bits per heavy atom. The van der Waals surface area contributed by atoms with Gasteiger partial charge in [0.1, 0.15) is 11.7 Å². The number of para-hydroxylation sites is 1. The molecule has 3 aromatic rings. The van der Waals surface area contributed by atoms with Gasteiger partial charge in [-0.2, -0.15) is 4.57 Å². The third kappa shape index (κ3) is 2.49. The lowest BCUT2D eigenvalue weighted by Gasteiger charge is -2.10. The summed E-state index contributed by atoms with van der Waals surface area (Å²) in [7, 11) is 4.13. The van der Waals surface area contributed by atoms with Crippen LogP contribution in [0.4, 0.5) is 5.69 Å². The fourth-order valence-electron chi connectivity index (χ4n) is 2.90. The number of ether oxygens (including phenoxy) is 1. The Balaban J connectivity index is 1.61. The van der Waals surface area contributed by atoms with Crippen LogP contribution in [0.2, 0.25) is 0 Å². The summed E-state index contributed by atoms with van der Waals surface area (Å²) in [5.74, 6) is 1.76. The molecule has 0 fully saturated rings. The fourth-order valence-corrected chi connectivity index (χ4v) is 3.96. The van der Waals surface area contributed by atoms with E-state index in [4.69, 9.17) is 4.74 Å². The molecule has 0 bridgehead atoms. The second kappa shape index (κ2) is 5.80. The molecular weight excluding hydrogens is 316 g/mol.